The summed E-state index contributed by atoms with van der Waals surface area (Å²) in [6.07, 6.45) is 2.06. The fourth-order valence-corrected chi connectivity index (χ4v) is 2.70. The third kappa shape index (κ3) is 5.21. The molecule has 3 rings (SSSR count). The first-order valence-corrected chi connectivity index (χ1v) is 8.77. The number of aromatic nitrogens is 2. The van der Waals surface area contributed by atoms with Gasteiger partial charge in [-0.05, 0) is 37.5 Å². The van der Waals surface area contributed by atoms with Gasteiger partial charge < -0.3 is 15.4 Å². The Balaban J connectivity index is 1.58. The minimum Gasteiger partial charge on any atom is -0.497 e. The van der Waals surface area contributed by atoms with Crippen molar-refractivity contribution >= 4 is 17.5 Å². The topological polar surface area (TPSA) is 59.1 Å². The number of aryl methyl sites for hydroxylation is 2. The van der Waals surface area contributed by atoms with E-state index in [0.717, 1.165) is 42.3 Å². The second-order valence-electron chi connectivity index (χ2n) is 6.09. The number of rotatable bonds is 8. The molecule has 5 nitrogen and oxygen atoms in total. The second-order valence-corrected chi connectivity index (χ2v) is 6.09. The SMILES string of the molecule is COc1cccc(Nc2cc(C)nc(NCCCc3ccccc3)n2)c1. The van der Waals surface area contributed by atoms with Crippen LogP contribution >= 0.6 is 0 Å². The van der Waals surface area contributed by atoms with Crippen molar-refractivity contribution in [2.45, 2.75) is 19.8 Å². The van der Waals surface area contributed by atoms with E-state index < -0.39 is 0 Å². The summed E-state index contributed by atoms with van der Waals surface area (Å²) in [5, 5.41) is 6.62. The van der Waals surface area contributed by atoms with Gasteiger partial charge in [-0.25, -0.2) is 4.98 Å². The van der Waals surface area contributed by atoms with E-state index >= 15 is 0 Å². The summed E-state index contributed by atoms with van der Waals surface area (Å²) in [7, 11) is 1.66. The Labute approximate surface area is 154 Å². The van der Waals surface area contributed by atoms with Crippen molar-refractivity contribution in [3.05, 3.63) is 71.9 Å². The van der Waals surface area contributed by atoms with Gasteiger partial charge in [-0.15, -0.1) is 0 Å². The highest BCUT2D eigenvalue weighted by Crippen LogP contribution is 2.21. The van der Waals surface area contributed by atoms with Crippen LogP contribution in [-0.4, -0.2) is 23.6 Å². The maximum absolute atomic E-state index is 5.26. The lowest BCUT2D eigenvalue weighted by molar-refractivity contribution is 0.415. The highest BCUT2D eigenvalue weighted by atomic mass is 16.5. The Hall–Kier alpha value is -3.08. The minimum absolute atomic E-state index is 0.642. The van der Waals surface area contributed by atoms with Gasteiger partial charge in [0.05, 0.1) is 7.11 Å². The van der Waals surface area contributed by atoms with Crippen molar-refractivity contribution in [3.63, 3.8) is 0 Å². The van der Waals surface area contributed by atoms with Crippen molar-refractivity contribution in [1.82, 2.24) is 9.97 Å². The highest BCUT2D eigenvalue weighted by molar-refractivity contribution is 5.59. The number of anilines is 3. The minimum atomic E-state index is 0.642. The molecule has 0 bridgehead atoms. The van der Waals surface area contributed by atoms with E-state index in [4.69, 9.17) is 4.74 Å². The summed E-state index contributed by atoms with van der Waals surface area (Å²) in [6.45, 7) is 2.80. The van der Waals surface area contributed by atoms with E-state index in [0.29, 0.717) is 5.95 Å². The number of nitrogens with zero attached hydrogens (tertiary/aromatic N) is 2. The number of ether oxygens (including phenoxy) is 1. The standard InChI is InChI=1S/C21H24N4O/c1-16-14-20(24-18-11-6-12-19(15-18)26-2)25-21(23-16)22-13-7-10-17-8-4-3-5-9-17/h3-6,8-9,11-12,14-15H,7,10,13H2,1-2H3,(H2,22,23,24,25). The summed E-state index contributed by atoms with van der Waals surface area (Å²) in [5.74, 6) is 2.21. The molecule has 3 aromatic rings. The molecule has 0 aliphatic rings. The maximum Gasteiger partial charge on any atom is 0.224 e. The molecule has 0 atom stereocenters. The first kappa shape index (κ1) is 17.7. The van der Waals surface area contributed by atoms with E-state index in [1.54, 1.807) is 7.11 Å². The van der Waals surface area contributed by atoms with E-state index in [1.807, 2.05) is 43.3 Å². The summed E-state index contributed by atoms with van der Waals surface area (Å²) < 4.78 is 5.26. The molecular weight excluding hydrogens is 324 g/mol. The van der Waals surface area contributed by atoms with Crippen LogP contribution in [0.2, 0.25) is 0 Å². The van der Waals surface area contributed by atoms with Crippen LogP contribution < -0.4 is 15.4 Å². The molecule has 134 valence electrons. The van der Waals surface area contributed by atoms with Crippen molar-refractivity contribution in [2.24, 2.45) is 0 Å². The summed E-state index contributed by atoms with van der Waals surface area (Å²) >= 11 is 0. The van der Waals surface area contributed by atoms with E-state index in [9.17, 15) is 0 Å². The summed E-state index contributed by atoms with van der Waals surface area (Å²) in [4.78, 5) is 9.02. The molecule has 0 aliphatic heterocycles. The fourth-order valence-electron chi connectivity index (χ4n) is 2.70. The van der Waals surface area contributed by atoms with Gasteiger partial charge in [-0.3, -0.25) is 0 Å². The lowest BCUT2D eigenvalue weighted by atomic mass is 10.1. The van der Waals surface area contributed by atoms with Crippen LogP contribution in [0, 0.1) is 6.92 Å². The Morgan fingerprint density at radius 3 is 2.62 bits per heavy atom. The molecule has 1 aromatic heterocycles. The van der Waals surface area contributed by atoms with Crippen molar-refractivity contribution in [3.8, 4) is 5.75 Å². The summed E-state index contributed by atoms with van der Waals surface area (Å²) in [6, 6.07) is 20.2. The van der Waals surface area contributed by atoms with Gasteiger partial charge >= 0.3 is 0 Å². The molecule has 0 unspecified atom stereocenters. The number of nitrogens with one attached hydrogen (secondary N) is 2. The van der Waals surface area contributed by atoms with Crippen LogP contribution in [0.5, 0.6) is 5.75 Å². The zero-order valence-electron chi connectivity index (χ0n) is 15.2. The lowest BCUT2D eigenvalue weighted by Gasteiger charge is -2.11. The first-order valence-electron chi connectivity index (χ1n) is 8.77. The van der Waals surface area contributed by atoms with Gasteiger partial charge in [-0.1, -0.05) is 36.4 Å². The third-order valence-corrected chi connectivity index (χ3v) is 3.96. The Kier molecular flexibility index (Phi) is 6.04. The molecule has 1 heterocycles. The predicted octanol–water partition coefficient (Wildman–Crippen LogP) is 4.58. The van der Waals surface area contributed by atoms with Gasteiger partial charge in [0.1, 0.15) is 11.6 Å². The molecule has 0 saturated carbocycles. The van der Waals surface area contributed by atoms with E-state index in [-0.39, 0.29) is 0 Å². The number of hydrogen-bond donors (Lipinski definition) is 2. The molecule has 0 saturated heterocycles. The van der Waals surface area contributed by atoms with Crippen molar-refractivity contribution in [2.75, 3.05) is 24.3 Å². The van der Waals surface area contributed by atoms with Gasteiger partial charge in [-0.2, -0.15) is 4.98 Å². The second kappa shape index (κ2) is 8.85. The van der Waals surface area contributed by atoms with Gasteiger partial charge in [0, 0.05) is 30.1 Å². The molecule has 0 fully saturated rings. The molecule has 2 aromatic carbocycles. The van der Waals surface area contributed by atoms with Crippen LogP contribution in [0.15, 0.2) is 60.7 Å². The normalized spacial score (nSPS) is 10.4. The molecule has 0 aliphatic carbocycles. The maximum atomic E-state index is 5.26. The zero-order valence-corrected chi connectivity index (χ0v) is 15.2. The van der Waals surface area contributed by atoms with Crippen LogP contribution in [0.4, 0.5) is 17.5 Å². The van der Waals surface area contributed by atoms with Gasteiger partial charge in [0.15, 0.2) is 0 Å². The average molecular weight is 348 g/mol. The Morgan fingerprint density at radius 1 is 0.962 bits per heavy atom. The fraction of sp³-hybridized carbons (Fsp3) is 0.238. The quantitative estimate of drug-likeness (QED) is 0.584. The molecule has 0 amide bonds. The molecule has 2 N–H and O–H groups in total. The van der Waals surface area contributed by atoms with E-state index in [1.165, 1.54) is 5.56 Å². The largest absolute Gasteiger partial charge is 0.497 e. The van der Waals surface area contributed by atoms with Crippen LogP contribution in [0.25, 0.3) is 0 Å². The molecule has 26 heavy (non-hydrogen) atoms. The molecule has 0 radical (unpaired) electrons. The Morgan fingerprint density at radius 2 is 1.81 bits per heavy atom. The van der Waals surface area contributed by atoms with Crippen molar-refractivity contribution in [1.29, 1.82) is 0 Å². The average Bonchev–Trinajstić information content (AvgIpc) is 2.66. The molecule has 5 heteroatoms. The summed E-state index contributed by atoms with van der Waals surface area (Å²) in [5.41, 5.74) is 3.19. The van der Waals surface area contributed by atoms with Gasteiger partial charge in [0.2, 0.25) is 5.95 Å². The van der Waals surface area contributed by atoms with Gasteiger partial charge in [0.25, 0.3) is 0 Å². The monoisotopic (exact) mass is 348 g/mol. The lowest BCUT2D eigenvalue weighted by Crippen LogP contribution is -2.08. The highest BCUT2D eigenvalue weighted by Gasteiger charge is 2.04. The van der Waals surface area contributed by atoms with Crippen LogP contribution in [-0.2, 0) is 6.42 Å². The van der Waals surface area contributed by atoms with E-state index in [2.05, 4.69) is 44.9 Å². The zero-order chi connectivity index (χ0) is 18.2. The molecular formula is C21H24N4O. The van der Waals surface area contributed by atoms with Crippen LogP contribution in [0.3, 0.4) is 0 Å². The Bertz CT molecular complexity index is 836. The number of hydrogen-bond acceptors (Lipinski definition) is 5. The van der Waals surface area contributed by atoms with Crippen molar-refractivity contribution < 1.29 is 4.74 Å². The first-order chi connectivity index (χ1) is 12.7. The molecule has 0 spiro atoms. The number of methoxy groups -OCH3 is 1. The predicted molar refractivity (Wildman–Crippen MR) is 106 cm³/mol. The third-order valence-electron chi connectivity index (χ3n) is 3.96. The smallest absolute Gasteiger partial charge is 0.224 e. The van der Waals surface area contributed by atoms with Crippen LogP contribution in [0.1, 0.15) is 17.7 Å². The number of benzene rings is 2.